The molecule has 5 nitrogen and oxygen atoms in total. The van der Waals surface area contributed by atoms with Gasteiger partial charge in [-0.05, 0) is 30.0 Å². The minimum atomic E-state index is 0.0782. The lowest BCUT2D eigenvalue weighted by Gasteiger charge is -2.35. The largest absolute Gasteiger partial charge is 0.369 e. The van der Waals surface area contributed by atoms with E-state index in [2.05, 4.69) is 53.3 Å². The van der Waals surface area contributed by atoms with Crippen LogP contribution in [0.5, 0.6) is 0 Å². The van der Waals surface area contributed by atoms with Crippen LogP contribution in [0.2, 0.25) is 0 Å². The van der Waals surface area contributed by atoms with Crippen LogP contribution in [0.4, 0.5) is 5.82 Å². The molecule has 1 saturated heterocycles. The first-order chi connectivity index (χ1) is 14.1. The van der Waals surface area contributed by atoms with Crippen LogP contribution < -0.4 is 5.32 Å². The fourth-order valence-corrected chi connectivity index (χ4v) is 3.32. The first kappa shape index (κ1) is 22.9. The summed E-state index contributed by atoms with van der Waals surface area (Å²) in [6.45, 7) is 13.5. The molecular weight excluding hydrogens is 360 g/mol. The van der Waals surface area contributed by atoms with Gasteiger partial charge in [0.15, 0.2) is 0 Å². The van der Waals surface area contributed by atoms with E-state index in [1.54, 1.807) is 6.20 Å². The standard InChI is InChI=1S/C22H30N4O.C2H6/c1-18(2)10-12-24-21-20(9-6-11-23-21)22(27)26-15-13-25(14-16-26)17-19-7-4-3-5-8-19;1-2/h3-9,11,18H,10,12-17H2,1-2H3,(H,23,24);1-2H3. The molecule has 0 aliphatic carbocycles. The maximum absolute atomic E-state index is 13.0. The second-order valence-electron chi connectivity index (χ2n) is 7.56. The normalized spacial score (nSPS) is 14.3. The average Bonchev–Trinajstić information content (AvgIpc) is 2.76. The number of amides is 1. The molecule has 2 heterocycles. The molecule has 1 aromatic carbocycles. The molecule has 1 aliphatic heterocycles. The molecular formula is C24H36N4O. The number of carbonyl (C=O) groups excluding carboxylic acids is 1. The smallest absolute Gasteiger partial charge is 0.257 e. The molecule has 3 rings (SSSR count). The van der Waals surface area contributed by atoms with Crippen molar-refractivity contribution >= 4 is 11.7 Å². The maximum atomic E-state index is 13.0. The average molecular weight is 397 g/mol. The molecule has 0 spiro atoms. The van der Waals surface area contributed by atoms with Gasteiger partial charge in [0.05, 0.1) is 5.56 Å². The lowest BCUT2D eigenvalue weighted by molar-refractivity contribution is 0.0629. The lowest BCUT2D eigenvalue weighted by atomic mass is 10.1. The minimum Gasteiger partial charge on any atom is -0.369 e. The van der Waals surface area contributed by atoms with Gasteiger partial charge in [0.25, 0.3) is 5.91 Å². The minimum absolute atomic E-state index is 0.0782. The molecule has 0 unspecified atom stereocenters. The summed E-state index contributed by atoms with van der Waals surface area (Å²) in [5.74, 6) is 1.41. The van der Waals surface area contributed by atoms with E-state index in [9.17, 15) is 4.79 Å². The number of nitrogens with zero attached hydrogens (tertiary/aromatic N) is 3. The second-order valence-corrected chi connectivity index (χ2v) is 7.56. The Morgan fingerprint density at radius 3 is 2.38 bits per heavy atom. The van der Waals surface area contributed by atoms with Crippen LogP contribution in [0.3, 0.4) is 0 Å². The quantitative estimate of drug-likeness (QED) is 0.747. The molecule has 29 heavy (non-hydrogen) atoms. The molecule has 1 aliphatic rings. The van der Waals surface area contributed by atoms with E-state index in [0.717, 1.165) is 45.7 Å². The van der Waals surface area contributed by atoms with Gasteiger partial charge in [0.1, 0.15) is 5.82 Å². The van der Waals surface area contributed by atoms with E-state index in [0.29, 0.717) is 17.3 Å². The SMILES string of the molecule is CC.CC(C)CCNc1ncccc1C(=O)N1CCN(Cc2ccccc2)CC1. The van der Waals surface area contributed by atoms with Crippen molar-refractivity contribution in [1.82, 2.24) is 14.8 Å². The Morgan fingerprint density at radius 1 is 1.03 bits per heavy atom. The second kappa shape index (κ2) is 12.2. The highest BCUT2D eigenvalue weighted by atomic mass is 16.2. The Bertz CT molecular complexity index is 725. The number of nitrogens with one attached hydrogen (secondary N) is 1. The fraction of sp³-hybridized carbons (Fsp3) is 0.500. The van der Waals surface area contributed by atoms with E-state index in [1.165, 1.54) is 5.56 Å². The van der Waals surface area contributed by atoms with E-state index in [-0.39, 0.29) is 5.91 Å². The number of hydrogen-bond acceptors (Lipinski definition) is 4. The Balaban J connectivity index is 0.00000145. The van der Waals surface area contributed by atoms with Gasteiger partial charge in [0.2, 0.25) is 0 Å². The molecule has 0 atom stereocenters. The van der Waals surface area contributed by atoms with Gasteiger partial charge in [0, 0.05) is 45.5 Å². The van der Waals surface area contributed by atoms with Crippen LogP contribution in [0, 0.1) is 5.92 Å². The topological polar surface area (TPSA) is 48.5 Å². The van der Waals surface area contributed by atoms with Gasteiger partial charge in [-0.2, -0.15) is 0 Å². The predicted octanol–water partition coefficient (Wildman–Crippen LogP) is 4.52. The van der Waals surface area contributed by atoms with E-state index in [4.69, 9.17) is 0 Å². The molecule has 1 fully saturated rings. The summed E-state index contributed by atoms with van der Waals surface area (Å²) in [5, 5.41) is 3.34. The Hall–Kier alpha value is -2.40. The number of aromatic nitrogens is 1. The summed E-state index contributed by atoms with van der Waals surface area (Å²) in [6.07, 6.45) is 2.80. The number of anilines is 1. The van der Waals surface area contributed by atoms with Crippen molar-refractivity contribution in [2.45, 2.75) is 40.7 Å². The zero-order valence-corrected chi connectivity index (χ0v) is 18.4. The molecule has 1 amide bonds. The Kier molecular flexibility index (Phi) is 9.65. The number of piperazine rings is 1. The van der Waals surface area contributed by atoms with Gasteiger partial charge in [-0.25, -0.2) is 4.98 Å². The first-order valence-corrected chi connectivity index (χ1v) is 10.9. The highest BCUT2D eigenvalue weighted by molar-refractivity contribution is 5.98. The number of rotatable bonds is 7. The summed E-state index contributed by atoms with van der Waals surface area (Å²) in [7, 11) is 0. The van der Waals surface area contributed by atoms with Crippen molar-refractivity contribution in [2.75, 3.05) is 38.0 Å². The first-order valence-electron chi connectivity index (χ1n) is 10.9. The monoisotopic (exact) mass is 396 g/mol. The Morgan fingerprint density at radius 2 is 1.72 bits per heavy atom. The van der Waals surface area contributed by atoms with E-state index in [1.807, 2.05) is 36.9 Å². The summed E-state index contributed by atoms with van der Waals surface area (Å²) < 4.78 is 0. The molecule has 5 heteroatoms. The van der Waals surface area contributed by atoms with Gasteiger partial charge in [-0.15, -0.1) is 0 Å². The van der Waals surface area contributed by atoms with Crippen molar-refractivity contribution in [3.8, 4) is 0 Å². The molecule has 0 saturated carbocycles. The van der Waals surface area contributed by atoms with Crippen molar-refractivity contribution in [3.63, 3.8) is 0 Å². The molecule has 2 aromatic rings. The Labute approximate surface area is 176 Å². The van der Waals surface area contributed by atoms with Gasteiger partial charge >= 0.3 is 0 Å². The number of pyridine rings is 1. The molecule has 0 bridgehead atoms. The van der Waals surface area contributed by atoms with E-state index < -0.39 is 0 Å². The van der Waals surface area contributed by atoms with Crippen molar-refractivity contribution < 1.29 is 4.79 Å². The third-order valence-electron chi connectivity index (χ3n) is 4.96. The third kappa shape index (κ3) is 7.17. The number of hydrogen-bond donors (Lipinski definition) is 1. The van der Waals surface area contributed by atoms with Crippen molar-refractivity contribution in [2.24, 2.45) is 5.92 Å². The maximum Gasteiger partial charge on any atom is 0.257 e. The predicted molar refractivity (Wildman–Crippen MR) is 121 cm³/mol. The lowest BCUT2D eigenvalue weighted by Crippen LogP contribution is -2.48. The number of benzene rings is 1. The van der Waals surface area contributed by atoms with Crippen LogP contribution >= 0.6 is 0 Å². The molecule has 0 radical (unpaired) electrons. The van der Waals surface area contributed by atoms with Crippen LogP contribution in [0.25, 0.3) is 0 Å². The molecule has 1 N–H and O–H groups in total. The zero-order chi connectivity index (χ0) is 21.1. The van der Waals surface area contributed by atoms with Gasteiger partial charge in [-0.1, -0.05) is 58.0 Å². The summed E-state index contributed by atoms with van der Waals surface area (Å²) >= 11 is 0. The summed E-state index contributed by atoms with van der Waals surface area (Å²) in [4.78, 5) is 21.8. The van der Waals surface area contributed by atoms with Crippen LogP contribution in [-0.2, 0) is 6.54 Å². The fourth-order valence-electron chi connectivity index (χ4n) is 3.32. The van der Waals surface area contributed by atoms with Crippen molar-refractivity contribution in [1.29, 1.82) is 0 Å². The number of carbonyl (C=O) groups is 1. The van der Waals surface area contributed by atoms with Gasteiger partial charge < -0.3 is 10.2 Å². The van der Waals surface area contributed by atoms with Crippen LogP contribution in [0.1, 0.15) is 50.0 Å². The highest BCUT2D eigenvalue weighted by Crippen LogP contribution is 2.17. The van der Waals surface area contributed by atoms with Crippen LogP contribution in [0.15, 0.2) is 48.7 Å². The van der Waals surface area contributed by atoms with E-state index >= 15 is 0 Å². The van der Waals surface area contributed by atoms with Crippen molar-refractivity contribution in [3.05, 3.63) is 59.8 Å². The third-order valence-corrected chi connectivity index (χ3v) is 4.96. The summed E-state index contributed by atoms with van der Waals surface area (Å²) in [5.41, 5.74) is 2.00. The molecule has 1 aromatic heterocycles. The van der Waals surface area contributed by atoms with Gasteiger partial charge in [-0.3, -0.25) is 9.69 Å². The van der Waals surface area contributed by atoms with Crippen LogP contribution in [-0.4, -0.2) is 53.4 Å². The zero-order valence-electron chi connectivity index (χ0n) is 18.4. The molecule has 158 valence electrons. The summed E-state index contributed by atoms with van der Waals surface area (Å²) in [6, 6.07) is 14.2. The highest BCUT2D eigenvalue weighted by Gasteiger charge is 2.24.